The lowest BCUT2D eigenvalue weighted by Crippen LogP contribution is -2.45. The molecule has 31 heavy (non-hydrogen) atoms. The highest BCUT2D eigenvalue weighted by atomic mass is 16.5. The van der Waals surface area contributed by atoms with E-state index in [0.29, 0.717) is 0 Å². The first-order valence-electron chi connectivity index (χ1n) is 9.49. The van der Waals surface area contributed by atoms with Crippen LogP contribution < -0.4 is 10.8 Å². The van der Waals surface area contributed by atoms with Crippen LogP contribution in [0.4, 0.5) is 0 Å². The molecule has 1 aromatic carbocycles. The third-order valence-electron chi connectivity index (χ3n) is 4.59. The molecule has 8 N–H and O–H groups in total. The van der Waals surface area contributed by atoms with Crippen molar-refractivity contribution in [2.45, 2.75) is 38.8 Å². The molecule has 172 valence electrons. The van der Waals surface area contributed by atoms with Gasteiger partial charge in [0.2, 0.25) is 5.91 Å². The largest absolute Gasteiger partial charge is 0.481 e. The van der Waals surface area contributed by atoms with Crippen LogP contribution in [0.2, 0.25) is 0 Å². The van der Waals surface area contributed by atoms with Crippen LogP contribution in [0.5, 0.6) is 0 Å². The van der Waals surface area contributed by atoms with Crippen LogP contribution in [0.15, 0.2) is 30.5 Å². The van der Waals surface area contributed by atoms with Crippen molar-refractivity contribution in [1.29, 1.82) is 0 Å². The Bertz CT molecular complexity index is 880. The summed E-state index contributed by atoms with van der Waals surface area (Å²) in [6, 6.07) is 6.64. The molecule has 2 rings (SSSR count). The van der Waals surface area contributed by atoms with Gasteiger partial charge in [0.15, 0.2) is 0 Å². The lowest BCUT2D eigenvalue weighted by atomic mass is 9.87. The van der Waals surface area contributed by atoms with Crippen molar-refractivity contribution in [2.75, 3.05) is 13.2 Å². The van der Waals surface area contributed by atoms with E-state index in [1.54, 1.807) is 11.7 Å². The zero-order valence-electron chi connectivity index (χ0n) is 17.3. The zero-order chi connectivity index (χ0) is 23.6. The summed E-state index contributed by atoms with van der Waals surface area (Å²) < 4.78 is 0. The SMILES string of the molecule is CC(C)(CO)C(O)C(=O)NCCC(=O)O.O=C(O)C(Cc1c[nH]c2ccccc12)NO. The maximum absolute atomic E-state index is 11.3. The van der Waals surface area contributed by atoms with Gasteiger partial charge in [0, 0.05) is 35.5 Å². The van der Waals surface area contributed by atoms with Crippen LogP contribution >= 0.6 is 0 Å². The van der Waals surface area contributed by atoms with Crippen LogP contribution in [-0.4, -0.2) is 73.8 Å². The number of fused-ring (bicyclic) bond motifs is 1. The normalized spacial score (nSPS) is 13.1. The minimum absolute atomic E-state index is 0.0350. The number of H-pyrrole nitrogens is 1. The Balaban J connectivity index is 0.000000311. The number of carbonyl (C=O) groups excluding carboxylic acids is 1. The molecule has 0 spiro atoms. The molecule has 0 radical (unpaired) electrons. The maximum atomic E-state index is 11.3. The van der Waals surface area contributed by atoms with Crippen LogP contribution in [0.1, 0.15) is 25.8 Å². The molecule has 2 unspecified atom stereocenters. The highest BCUT2D eigenvalue weighted by Crippen LogP contribution is 2.20. The van der Waals surface area contributed by atoms with Gasteiger partial charge in [-0.3, -0.25) is 14.4 Å². The number of aliphatic hydroxyl groups excluding tert-OH is 2. The molecule has 0 aliphatic carbocycles. The first-order valence-corrected chi connectivity index (χ1v) is 9.49. The van der Waals surface area contributed by atoms with Crippen molar-refractivity contribution in [3.63, 3.8) is 0 Å². The Morgan fingerprint density at radius 3 is 2.35 bits per heavy atom. The molecule has 11 nitrogen and oxygen atoms in total. The number of carboxylic acids is 2. The summed E-state index contributed by atoms with van der Waals surface area (Å²) in [5, 5.41) is 47.5. The third kappa shape index (κ3) is 7.98. The molecule has 1 amide bonds. The maximum Gasteiger partial charge on any atom is 0.323 e. The first kappa shape index (κ1) is 26.0. The Labute approximate surface area is 178 Å². The van der Waals surface area contributed by atoms with Gasteiger partial charge in [-0.2, -0.15) is 5.48 Å². The van der Waals surface area contributed by atoms with E-state index >= 15 is 0 Å². The van der Waals surface area contributed by atoms with Gasteiger partial charge in [-0.25, -0.2) is 0 Å². The lowest BCUT2D eigenvalue weighted by molar-refractivity contribution is -0.142. The van der Waals surface area contributed by atoms with Crippen LogP contribution in [0.25, 0.3) is 10.9 Å². The quantitative estimate of drug-likeness (QED) is 0.237. The van der Waals surface area contributed by atoms with Gasteiger partial charge in [0.25, 0.3) is 0 Å². The molecule has 0 bridgehead atoms. The Kier molecular flexibility index (Phi) is 10.1. The second-order valence-corrected chi connectivity index (χ2v) is 7.57. The number of hydroxylamine groups is 1. The van der Waals surface area contributed by atoms with Crippen molar-refractivity contribution < 1.29 is 40.0 Å². The second kappa shape index (κ2) is 12.0. The Morgan fingerprint density at radius 1 is 1.16 bits per heavy atom. The molecule has 0 fully saturated rings. The van der Waals surface area contributed by atoms with E-state index in [1.807, 2.05) is 24.3 Å². The number of para-hydroxylation sites is 1. The van der Waals surface area contributed by atoms with Crippen molar-refractivity contribution in [3.8, 4) is 0 Å². The molecule has 0 aliphatic rings. The molecule has 2 atom stereocenters. The fourth-order valence-corrected chi connectivity index (χ4v) is 2.54. The Morgan fingerprint density at radius 2 is 1.81 bits per heavy atom. The van der Waals surface area contributed by atoms with Crippen molar-refractivity contribution in [1.82, 2.24) is 15.8 Å². The van der Waals surface area contributed by atoms with Gasteiger partial charge < -0.3 is 35.9 Å². The van der Waals surface area contributed by atoms with E-state index in [-0.39, 0.29) is 26.0 Å². The number of aliphatic carboxylic acids is 2. The molecule has 0 aliphatic heterocycles. The number of hydrogen-bond donors (Lipinski definition) is 8. The molecule has 11 heteroatoms. The highest BCUT2D eigenvalue weighted by Gasteiger charge is 2.32. The molecular formula is C20H29N3O8. The average molecular weight is 439 g/mol. The summed E-state index contributed by atoms with van der Waals surface area (Å²) in [6.45, 7) is 2.70. The van der Waals surface area contributed by atoms with Gasteiger partial charge in [-0.15, -0.1) is 0 Å². The predicted molar refractivity (Wildman–Crippen MR) is 110 cm³/mol. The van der Waals surface area contributed by atoms with Crippen molar-refractivity contribution in [2.24, 2.45) is 5.41 Å². The average Bonchev–Trinajstić information content (AvgIpc) is 3.14. The summed E-state index contributed by atoms with van der Waals surface area (Å²) in [4.78, 5) is 35.2. The summed E-state index contributed by atoms with van der Waals surface area (Å²) >= 11 is 0. The molecule has 2 aromatic rings. The lowest BCUT2D eigenvalue weighted by Gasteiger charge is -2.26. The minimum atomic E-state index is -1.35. The smallest absolute Gasteiger partial charge is 0.323 e. The first-order chi connectivity index (χ1) is 14.5. The predicted octanol–water partition coefficient (Wildman–Crippen LogP) is 0.0991. The van der Waals surface area contributed by atoms with Gasteiger partial charge >= 0.3 is 11.9 Å². The Hall–Kier alpha value is -2.99. The van der Waals surface area contributed by atoms with E-state index in [4.69, 9.17) is 20.5 Å². The summed E-state index contributed by atoms with van der Waals surface area (Å²) in [5.41, 5.74) is 2.68. The van der Waals surface area contributed by atoms with Crippen molar-refractivity contribution >= 4 is 28.7 Å². The molecule has 1 heterocycles. The number of hydrogen-bond acceptors (Lipinski definition) is 7. The fourth-order valence-electron chi connectivity index (χ4n) is 2.54. The highest BCUT2D eigenvalue weighted by molar-refractivity contribution is 5.84. The fraction of sp³-hybridized carbons (Fsp3) is 0.450. The van der Waals surface area contributed by atoms with Gasteiger partial charge in [-0.05, 0) is 11.6 Å². The van der Waals surface area contributed by atoms with E-state index in [1.165, 1.54) is 13.8 Å². The standard InChI is InChI=1S/C11H12N2O3.C9H17NO5/c14-11(15)10(13-16)5-7-6-12-9-4-2-1-3-8(7)9;1-9(2,5-11)7(14)8(15)10-4-3-6(12)13/h1-4,6,10,12-13,16H,5H2,(H,14,15);7,11,14H,3-5H2,1-2H3,(H,10,15)(H,12,13). The van der Waals surface area contributed by atoms with E-state index in [2.05, 4.69) is 10.3 Å². The number of benzene rings is 1. The van der Waals surface area contributed by atoms with Crippen LogP contribution in [0.3, 0.4) is 0 Å². The topological polar surface area (TPSA) is 192 Å². The number of carboxylic acid groups (broad SMARTS) is 2. The molecule has 1 aromatic heterocycles. The third-order valence-corrected chi connectivity index (χ3v) is 4.59. The number of aromatic amines is 1. The number of nitrogens with one attached hydrogen (secondary N) is 3. The number of aromatic nitrogens is 1. The number of aliphatic hydroxyl groups is 2. The van der Waals surface area contributed by atoms with Crippen LogP contribution in [-0.2, 0) is 20.8 Å². The zero-order valence-corrected chi connectivity index (χ0v) is 17.3. The number of carbonyl (C=O) groups is 3. The van der Waals surface area contributed by atoms with E-state index in [0.717, 1.165) is 16.5 Å². The summed E-state index contributed by atoms with van der Waals surface area (Å²) in [6.07, 6.45) is 0.447. The number of amides is 1. The monoisotopic (exact) mass is 439 g/mol. The van der Waals surface area contributed by atoms with Gasteiger partial charge in [-0.1, -0.05) is 32.0 Å². The van der Waals surface area contributed by atoms with Gasteiger partial charge in [0.05, 0.1) is 13.0 Å². The summed E-state index contributed by atoms with van der Waals surface area (Å²) in [7, 11) is 0. The molecule has 0 saturated carbocycles. The van der Waals surface area contributed by atoms with Crippen molar-refractivity contribution in [3.05, 3.63) is 36.0 Å². The second-order valence-electron chi connectivity index (χ2n) is 7.57. The number of rotatable bonds is 10. The van der Waals surface area contributed by atoms with Crippen LogP contribution in [0, 0.1) is 5.41 Å². The molecular weight excluding hydrogens is 410 g/mol. The van der Waals surface area contributed by atoms with Gasteiger partial charge in [0.1, 0.15) is 12.1 Å². The molecule has 0 saturated heterocycles. The van der Waals surface area contributed by atoms with E-state index in [9.17, 15) is 19.5 Å². The van der Waals surface area contributed by atoms with E-state index < -0.39 is 35.4 Å². The minimum Gasteiger partial charge on any atom is -0.481 e. The summed E-state index contributed by atoms with van der Waals surface area (Å²) in [5.74, 6) is -2.77.